The molecule has 9 heteroatoms. The largest absolute Gasteiger partial charge is 0.376 e. The van der Waals surface area contributed by atoms with Gasteiger partial charge in [0.05, 0.1) is 18.2 Å². The van der Waals surface area contributed by atoms with Crippen LogP contribution in [0.5, 0.6) is 0 Å². The highest BCUT2D eigenvalue weighted by Gasteiger charge is 2.19. The predicted molar refractivity (Wildman–Crippen MR) is 108 cm³/mol. The van der Waals surface area contributed by atoms with Crippen molar-refractivity contribution < 1.29 is 13.9 Å². The summed E-state index contributed by atoms with van der Waals surface area (Å²) >= 11 is 1.22. The fraction of sp³-hybridized carbons (Fsp3) is 0.350. The standard InChI is InChI=1S/C20H20FN3O4S/c21-14-5-3-13(4-6-14)11-24-19(26)18-16(7-9-29-18)23(20(24)27)12-17(25)22-10-15-2-1-8-28-15/h3-7,9,15H,1-2,8,10-12H2,(H,22,25)/t15-/m0/s1. The Kier molecular flexibility index (Phi) is 5.59. The lowest BCUT2D eigenvalue weighted by Crippen LogP contribution is -2.43. The number of nitrogens with one attached hydrogen (secondary N) is 1. The van der Waals surface area contributed by atoms with E-state index in [1.807, 2.05) is 0 Å². The third-order valence-corrected chi connectivity index (χ3v) is 5.83. The van der Waals surface area contributed by atoms with Gasteiger partial charge in [0, 0.05) is 13.2 Å². The number of benzene rings is 1. The van der Waals surface area contributed by atoms with Crippen molar-refractivity contribution in [1.29, 1.82) is 0 Å². The molecule has 1 aliphatic rings. The second kappa shape index (κ2) is 8.30. The Morgan fingerprint density at radius 1 is 1.21 bits per heavy atom. The molecule has 1 aromatic carbocycles. The number of aromatic nitrogens is 2. The van der Waals surface area contributed by atoms with Gasteiger partial charge in [-0.05, 0) is 42.0 Å². The summed E-state index contributed by atoms with van der Waals surface area (Å²) in [6, 6.07) is 7.28. The van der Waals surface area contributed by atoms with Crippen molar-refractivity contribution in [3.63, 3.8) is 0 Å². The van der Waals surface area contributed by atoms with E-state index in [0.717, 1.165) is 17.4 Å². The summed E-state index contributed by atoms with van der Waals surface area (Å²) in [6.45, 7) is 0.908. The van der Waals surface area contributed by atoms with Gasteiger partial charge < -0.3 is 10.1 Å². The lowest BCUT2D eigenvalue weighted by Gasteiger charge is -2.14. The maximum atomic E-state index is 13.2. The van der Waals surface area contributed by atoms with E-state index in [0.29, 0.717) is 28.9 Å². The Morgan fingerprint density at radius 3 is 2.72 bits per heavy atom. The van der Waals surface area contributed by atoms with Crippen molar-refractivity contribution in [2.24, 2.45) is 0 Å². The fourth-order valence-electron chi connectivity index (χ4n) is 3.43. The van der Waals surface area contributed by atoms with Crippen molar-refractivity contribution in [2.45, 2.75) is 32.0 Å². The van der Waals surface area contributed by atoms with Crippen LogP contribution in [-0.4, -0.2) is 34.3 Å². The van der Waals surface area contributed by atoms with Crippen molar-refractivity contribution in [3.05, 3.63) is 67.9 Å². The molecular weight excluding hydrogens is 397 g/mol. The number of halogens is 1. The van der Waals surface area contributed by atoms with Crippen LogP contribution in [0.3, 0.4) is 0 Å². The van der Waals surface area contributed by atoms with Crippen LogP contribution < -0.4 is 16.6 Å². The van der Waals surface area contributed by atoms with Gasteiger partial charge in [0.15, 0.2) is 0 Å². The van der Waals surface area contributed by atoms with Crippen LogP contribution in [0.1, 0.15) is 18.4 Å². The molecule has 0 spiro atoms. The minimum Gasteiger partial charge on any atom is -0.376 e. The van der Waals surface area contributed by atoms with E-state index in [1.165, 1.54) is 40.2 Å². The molecule has 3 aromatic rings. The zero-order valence-electron chi connectivity index (χ0n) is 15.6. The third kappa shape index (κ3) is 4.15. The molecule has 0 saturated carbocycles. The summed E-state index contributed by atoms with van der Waals surface area (Å²) in [5.74, 6) is -0.711. The molecule has 0 aliphatic carbocycles. The average Bonchev–Trinajstić information content (AvgIpc) is 3.40. The van der Waals surface area contributed by atoms with Crippen molar-refractivity contribution in [3.8, 4) is 0 Å². The Balaban J connectivity index is 1.63. The first-order valence-electron chi connectivity index (χ1n) is 9.36. The smallest absolute Gasteiger partial charge is 0.332 e. The normalized spacial score (nSPS) is 16.4. The van der Waals surface area contributed by atoms with Crippen molar-refractivity contribution in [2.75, 3.05) is 13.2 Å². The first kappa shape index (κ1) is 19.5. The first-order chi connectivity index (χ1) is 14.0. The van der Waals surface area contributed by atoms with E-state index < -0.39 is 17.1 Å². The summed E-state index contributed by atoms with van der Waals surface area (Å²) in [5.41, 5.74) is 0.0707. The zero-order valence-corrected chi connectivity index (χ0v) is 16.4. The predicted octanol–water partition coefficient (Wildman–Crippen LogP) is 1.71. The molecule has 1 amide bonds. The van der Waals surface area contributed by atoms with Gasteiger partial charge in [0.25, 0.3) is 5.56 Å². The van der Waals surface area contributed by atoms with Crippen LogP contribution in [0, 0.1) is 5.82 Å². The summed E-state index contributed by atoms with van der Waals surface area (Å²) < 4.78 is 21.4. The summed E-state index contributed by atoms with van der Waals surface area (Å²) in [6.07, 6.45) is 1.88. The number of nitrogens with zero attached hydrogens (tertiary/aromatic N) is 2. The van der Waals surface area contributed by atoms with E-state index >= 15 is 0 Å². The summed E-state index contributed by atoms with van der Waals surface area (Å²) in [5, 5.41) is 4.51. The molecule has 1 atom stereocenters. The number of amides is 1. The molecule has 1 fully saturated rings. The van der Waals surface area contributed by atoms with Gasteiger partial charge in [-0.3, -0.25) is 18.7 Å². The van der Waals surface area contributed by atoms with Crippen molar-refractivity contribution in [1.82, 2.24) is 14.5 Å². The zero-order chi connectivity index (χ0) is 20.4. The number of hydrogen-bond donors (Lipinski definition) is 1. The van der Waals surface area contributed by atoms with E-state index in [4.69, 9.17) is 4.74 Å². The number of carbonyl (C=O) groups excluding carboxylic acids is 1. The van der Waals surface area contributed by atoms with E-state index in [-0.39, 0.29) is 25.1 Å². The molecule has 1 saturated heterocycles. The minimum absolute atomic E-state index is 0.00329. The second-order valence-electron chi connectivity index (χ2n) is 6.96. The number of thiophene rings is 1. The Labute approximate surface area is 169 Å². The van der Waals surface area contributed by atoms with Crippen LogP contribution in [0.25, 0.3) is 10.2 Å². The molecule has 1 N–H and O–H groups in total. The number of fused-ring (bicyclic) bond motifs is 1. The van der Waals surface area contributed by atoms with E-state index in [2.05, 4.69) is 5.32 Å². The lowest BCUT2D eigenvalue weighted by atomic mass is 10.2. The average molecular weight is 417 g/mol. The topological polar surface area (TPSA) is 82.3 Å². The van der Waals surface area contributed by atoms with Crippen LogP contribution >= 0.6 is 11.3 Å². The number of hydrogen-bond acceptors (Lipinski definition) is 5. The highest BCUT2D eigenvalue weighted by atomic mass is 32.1. The number of carbonyl (C=O) groups is 1. The van der Waals surface area contributed by atoms with Gasteiger partial charge in [-0.25, -0.2) is 9.18 Å². The van der Waals surface area contributed by atoms with Crippen LogP contribution in [0.4, 0.5) is 4.39 Å². The second-order valence-corrected chi connectivity index (χ2v) is 7.88. The van der Waals surface area contributed by atoms with E-state index in [1.54, 1.807) is 11.4 Å². The van der Waals surface area contributed by atoms with Gasteiger partial charge in [-0.2, -0.15) is 0 Å². The van der Waals surface area contributed by atoms with Gasteiger partial charge >= 0.3 is 5.69 Å². The first-order valence-corrected chi connectivity index (χ1v) is 10.2. The van der Waals surface area contributed by atoms with Crippen molar-refractivity contribution >= 4 is 27.5 Å². The highest BCUT2D eigenvalue weighted by Crippen LogP contribution is 2.16. The van der Waals surface area contributed by atoms with Crippen LogP contribution in [0.15, 0.2) is 45.3 Å². The van der Waals surface area contributed by atoms with Gasteiger partial charge in [-0.15, -0.1) is 11.3 Å². The molecule has 2 aromatic heterocycles. The van der Waals surface area contributed by atoms with Gasteiger partial charge in [0.2, 0.25) is 5.91 Å². The fourth-order valence-corrected chi connectivity index (χ4v) is 4.27. The maximum absolute atomic E-state index is 13.2. The van der Waals surface area contributed by atoms with E-state index in [9.17, 15) is 18.8 Å². The monoisotopic (exact) mass is 417 g/mol. The molecule has 1 aliphatic heterocycles. The SMILES string of the molecule is O=C(Cn1c(=O)n(Cc2ccc(F)cc2)c(=O)c2sccc21)NC[C@@H]1CCCO1. The molecule has 7 nitrogen and oxygen atoms in total. The molecule has 0 unspecified atom stereocenters. The van der Waals surface area contributed by atoms with Crippen LogP contribution in [0.2, 0.25) is 0 Å². The third-order valence-electron chi connectivity index (χ3n) is 4.94. The summed E-state index contributed by atoms with van der Waals surface area (Å²) in [4.78, 5) is 38.2. The van der Waals surface area contributed by atoms with Gasteiger partial charge in [-0.1, -0.05) is 12.1 Å². The minimum atomic E-state index is -0.572. The Bertz CT molecular complexity index is 1140. The molecule has 3 heterocycles. The number of ether oxygens (including phenoxy) is 1. The molecule has 4 rings (SSSR count). The molecule has 0 bridgehead atoms. The van der Waals surface area contributed by atoms with Gasteiger partial charge in [0.1, 0.15) is 17.1 Å². The maximum Gasteiger partial charge on any atom is 0.332 e. The lowest BCUT2D eigenvalue weighted by molar-refractivity contribution is -0.122. The molecular formula is C20H20FN3O4S. The highest BCUT2D eigenvalue weighted by molar-refractivity contribution is 7.17. The Hall–Kier alpha value is -2.78. The quantitative estimate of drug-likeness (QED) is 0.662. The van der Waals surface area contributed by atoms with Crippen LogP contribution in [-0.2, 0) is 22.6 Å². The molecule has 29 heavy (non-hydrogen) atoms. The Morgan fingerprint density at radius 2 is 2.00 bits per heavy atom. The number of rotatable bonds is 6. The summed E-state index contributed by atoms with van der Waals surface area (Å²) in [7, 11) is 0. The molecule has 152 valence electrons. The molecule has 0 radical (unpaired) electrons.